The van der Waals surface area contributed by atoms with E-state index in [9.17, 15) is 9.90 Å². The van der Waals surface area contributed by atoms with Gasteiger partial charge in [0.15, 0.2) is 5.82 Å². The third-order valence-corrected chi connectivity index (χ3v) is 5.31. The van der Waals surface area contributed by atoms with Crippen LogP contribution in [0.3, 0.4) is 0 Å². The zero-order valence-corrected chi connectivity index (χ0v) is 12.9. The van der Waals surface area contributed by atoms with Gasteiger partial charge in [-0.15, -0.1) is 0 Å². The molecule has 0 aromatic carbocycles. The summed E-state index contributed by atoms with van der Waals surface area (Å²) in [5.41, 5.74) is -0.451. The SMILES string of the molecule is CC1(C)CC1c1noc(CC2(C(=O)O)CCCCCC2)n1. The molecule has 21 heavy (non-hydrogen) atoms. The summed E-state index contributed by atoms with van der Waals surface area (Å²) in [6.07, 6.45) is 7.09. The normalized spacial score (nSPS) is 27.0. The molecule has 0 aliphatic heterocycles. The van der Waals surface area contributed by atoms with E-state index in [1.807, 2.05) is 0 Å². The number of rotatable bonds is 4. The molecular formula is C16H24N2O3. The molecule has 1 atom stereocenters. The van der Waals surface area contributed by atoms with Crippen LogP contribution < -0.4 is 0 Å². The number of carboxylic acids is 1. The quantitative estimate of drug-likeness (QED) is 0.859. The van der Waals surface area contributed by atoms with Gasteiger partial charge in [-0.25, -0.2) is 0 Å². The Morgan fingerprint density at radius 2 is 1.90 bits per heavy atom. The Labute approximate surface area is 125 Å². The van der Waals surface area contributed by atoms with Crippen molar-refractivity contribution in [2.24, 2.45) is 10.8 Å². The van der Waals surface area contributed by atoms with E-state index in [0.29, 0.717) is 18.2 Å². The summed E-state index contributed by atoms with van der Waals surface area (Å²) >= 11 is 0. The van der Waals surface area contributed by atoms with Crippen molar-refractivity contribution >= 4 is 5.97 Å². The van der Waals surface area contributed by atoms with E-state index in [1.165, 1.54) is 0 Å². The highest BCUT2D eigenvalue weighted by atomic mass is 16.5. The van der Waals surface area contributed by atoms with Crippen molar-refractivity contribution in [2.75, 3.05) is 0 Å². The first-order valence-corrected chi connectivity index (χ1v) is 7.99. The third-order valence-electron chi connectivity index (χ3n) is 5.31. The van der Waals surface area contributed by atoms with Crippen LogP contribution in [0.5, 0.6) is 0 Å². The Morgan fingerprint density at radius 1 is 1.29 bits per heavy atom. The zero-order valence-electron chi connectivity index (χ0n) is 12.9. The van der Waals surface area contributed by atoms with E-state index >= 15 is 0 Å². The van der Waals surface area contributed by atoms with Crippen molar-refractivity contribution in [2.45, 2.75) is 71.1 Å². The molecule has 2 aliphatic rings. The molecule has 3 rings (SSSR count). The Balaban J connectivity index is 1.75. The van der Waals surface area contributed by atoms with Gasteiger partial charge in [-0.3, -0.25) is 4.79 Å². The fraction of sp³-hybridized carbons (Fsp3) is 0.812. The molecular weight excluding hydrogens is 268 g/mol. The number of hydrogen-bond donors (Lipinski definition) is 1. The standard InChI is InChI=1S/C16H24N2O3/c1-15(2)9-11(15)13-17-12(21-18-13)10-16(14(19)20)7-5-3-4-6-8-16/h11H,3-10H2,1-2H3,(H,19,20). The molecule has 2 saturated carbocycles. The van der Waals surface area contributed by atoms with Gasteiger partial charge in [-0.1, -0.05) is 44.7 Å². The molecule has 0 saturated heterocycles. The van der Waals surface area contributed by atoms with E-state index in [-0.39, 0.29) is 5.41 Å². The molecule has 1 aromatic heterocycles. The zero-order chi connectivity index (χ0) is 15.1. The highest BCUT2D eigenvalue weighted by molar-refractivity contribution is 5.74. The lowest BCUT2D eigenvalue weighted by Crippen LogP contribution is -2.33. The second-order valence-corrected chi connectivity index (χ2v) is 7.47. The van der Waals surface area contributed by atoms with E-state index < -0.39 is 11.4 Å². The first kappa shape index (κ1) is 14.5. The fourth-order valence-corrected chi connectivity index (χ4v) is 3.55. The molecule has 0 spiro atoms. The first-order chi connectivity index (χ1) is 9.93. The minimum Gasteiger partial charge on any atom is -0.481 e. The molecule has 116 valence electrons. The van der Waals surface area contributed by atoms with Gasteiger partial charge in [0.25, 0.3) is 0 Å². The molecule has 1 unspecified atom stereocenters. The van der Waals surface area contributed by atoms with Gasteiger partial charge in [-0.2, -0.15) is 4.98 Å². The maximum absolute atomic E-state index is 11.8. The van der Waals surface area contributed by atoms with Crippen molar-refractivity contribution in [3.63, 3.8) is 0 Å². The number of carboxylic acid groups (broad SMARTS) is 1. The monoisotopic (exact) mass is 292 g/mol. The summed E-state index contributed by atoms with van der Waals surface area (Å²) in [6.45, 7) is 4.38. The van der Waals surface area contributed by atoms with Crippen molar-refractivity contribution in [3.8, 4) is 0 Å². The average Bonchev–Trinajstić information content (AvgIpc) is 2.93. The summed E-state index contributed by atoms with van der Waals surface area (Å²) in [5, 5.41) is 13.8. The van der Waals surface area contributed by atoms with Crippen molar-refractivity contribution in [1.29, 1.82) is 0 Å². The van der Waals surface area contributed by atoms with Gasteiger partial charge in [0.2, 0.25) is 5.89 Å². The molecule has 5 nitrogen and oxygen atoms in total. The van der Waals surface area contributed by atoms with Gasteiger partial charge in [-0.05, 0) is 24.7 Å². The fourth-order valence-electron chi connectivity index (χ4n) is 3.55. The van der Waals surface area contributed by atoms with Crippen LogP contribution in [0.15, 0.2) is 4.52 Å². The lowest BCUT2D eigenvalue weighted by molar-refractivity contribution is -0.150. The van der Waals surface area contributed by atoms with Gasteiger partial charge in [0.05, 0.1) is 5.41 Å². The molecule has 1 heterocycles. The van der Waals surface area contributed by atoms with Gasteiger partial charge >= 0.3 is 5.97 Å². The average molecular weight is 292 g/mol. The summed E-state index contributed by atoms with van der Waals surface area (Å²) in [7, 11) is 0. The van der Waals surface area contributed by atoms with Crippen molar-refractivity contribution in [3.05, 3.63) is 11.7 Å². The molecule has 0 radical (unpaired) electrons. The van der Waals surface area contributed by atoms with Crippen molar-refractivity contribution in [1.82, 2.24) is 10.1 Å². The first-order valence-electron chi connectivity index (χ1n) is 7.99. The highest BCUT2D eigenvalue weighted by Crippen LogP contribution is 2.57. The Morgan fingerprint density at radius 3 is 2.43 bits per heavy atom. The predicted octanol–water partition coefficient (Wildman–Crippen LogP) is 3.55. The van der Waals surface area contributed by atoms with Crippen LogP contribution >= 0.6 is 0 Å². The lowest BCUT2D eigenvalue weighted by Gasteiger charge is -2.26. The molecule has 5 heteroatoms. The van der Waals surface area contributed by atoms with E-state index in [1.54, 1.807) is 0 Å². The lowest BCUT2D eigenvalue weighted by atomic mass is 9.77. The van der Waals surface area contributed by atoms with E-state index in [2.05, 4.69) is 24.0 Å². The minimum atomic E-state index is -0.712. The maximum atomic E-state index is 11.8. The van der Waals surface area contributed by atoms with Gasteiger partial charge < -0.3 is 9.63 Å². The van der Waals surface area contributed by atoms with Crippen LogP contribution in [0.4, 0.5) is 0 Å². The summed E-state index contributed by atoms with van der Waals surface area (Å²) < 4.78 is 5.35. The minimum absolute atomic E-state index is 0.258. The molecule has 1 aromatic rings. The third kappa shape index (κ3) is 2.83. The number of carbonyl (C=O) groups is 1. The molecule has 0 amide bonds. The van der Waals surface area contributed by atoms with Crippen LogP contribution in [0, 0.1) is 10.8 Å². The molecule has 2 fully saturated rings. The molecule has 0 bridgehead atoms. The molecule has 2 aliphatic carbocycles. The van der Waals surface area contributed by atoms with Crippen LogP contribution in [0.2, 0.25) is 0 Å². The number of aliphatic carboxylic acids is 1. The van der Waals surface area contributed by atoms with Gasteiger partial charge in [0.1, 0.15) is 0 Å². The van der Waals surface area contributed by atoms with Crippen LogP contribution in [0.25, 0.3) is 0 Å². The van der Waals surface area contributed by atoms with Crippen molar-refractivity contribution < 1.29 is 14.4 Å². The Hall–Kier alpha value is -1.39. The topological polar surface area (TPSA) is 76.2 Å². The van der Waals surface area contributed by atoms with Crippen LogP contribution in [0.1, 0.15) is 76.4 Å². The summed E-state index contributed by atoms with van der Waals surface area (Å²) in [5.74, 6) is 0.905. The van der Waals surface area contributed by atoms with Gasteiger partial charge in [0, 0.05) is 12.3 Å². The Bertz CT molecular complexity index is 527. The summed E-state index contributed by atoms with van der Waals surface area (Å²) in [6, 6.07) is 0. The smallest absolute Gasteiger partial charge is 0.310 e. The largest absolute Gasteiger partial charge is 0.481 e. The van der Waals surface area contributed by atoms with Crippen LogP contribution in [-0.2, 0) is 11.2 Å². The van der Waals surface area contributed by atoms with Crippen LogP contribution in [-0.4, -0.2) is 21.2 Å². The Kier molecular flexibility index (Phi) is 3.54. The van der Waals surface area contributed by atoms with E-state index in [4.69, 9.17) is 4.52 Å². The number of hydrogen-bond acceptors (Lipinski definition) is 4. The summed E-state index contributed by atoms with van der Waals surface area (Å²) in [4.78, 5) is 16.3. The van der Waals surface area contributed by atoms with E-state index in [0.717, 1.165) is 50.8 Å². The molecule has 1 N–H and O–H groups in total. The second kappa shape index (κ2) is 5.11. The second-order valence-electron chi connectivity index (χ2n) is 7.47. The highest BCUT2D eigenvalue weighted by Gasteiger charge is 2.50. The number of aromatic nitrogens is 2. The number of nitrogens with zero attached hydrogens (tertiary/aromatic N) is 2. The predicted molar refractivity (Wildman–Crippen MR) is 76.9 cm³/mol. The maximum Gasteiger partial charge on any atom is 0.310 e.